The molecule has 0 aliphatic carbocycles. The Morgan fingerprint density at radius 3 is 2.37 bits per heavy atom. The number of aliphatic hydroxyl groups excluding tert-OH is 4. The molecule has 0 amide bonds. The van der Waals surface area contributed by atoms with Gasteiger partial charge in [-0.1, -0.05) is 30.3 Å². The molecule has 1 aliphatic heterocycles. The maximum absolute atomic E-state index is 9.92. The van der Waals surface area contributed by atoms with Gasteiger partial charge in [-0.15, -0.1) is 0 Å². The van der Waals surface area contributed by atoms with Gasteiger partial charge in [0.25, 0.3) is 0 Å². The van der Waals surface area contributed by atoms with Crippen LogP contribution < -0.4 is 5.32 Å². The summed E-state index contributed by atoms with van der Waals surface area (Å²) in [6.45, 7) is -0.0276. The average molecular weight is 269 g/mol. The van der Waals surface area contributed by atoms with Crippen LogP contribution in [0, 0.1) is 0 Å². The lowest BCUT2D eigenvalue weighted by atomic mass is 9.97. The Kier molecular flexibility index (Phi) is 4.87. The molecule has 6 nitrogen and oxygen atoms in total. The van der Waals surface area contributed by atoms with Crippen molar-refractivity contribution in [3.8, 4) is 0 Å². The molecule has 0 unspecified atom stereocenters. The Hall–Kier alpha value is -1.02. The molecule has 1 heterocycles. The molecule has 0 spiro atoms. The van der Waals surface area contributed by atoms with Crippen LogP contribution >= 0.6 is 0 Å². The molecule has 1 aliphatic rings. The molecule has 0 aromatic heterocycles. The molecule has 2 rings (SSSR count). The second-order valence-electron chi connectivity index (χ2n) is 4.62. The van der Waals surface area contributed by atoms with Gasteiger partial charge in [-0.2, -0.15) is 0 Å². The zero-order chi connectivity index (χ0) is 13.8. The molecule has 1 aromatic carbocycles. The zero-order valence-electron chi connectivity index (χ0n) is 10.4. The first-order valence-electron chi connectivity index (χ1n) is 6.21. The van der Waals surface area contributed by atoms with Crippen molar-refractivity contribution < 1.29 is 25.2 Å². The maximum atomic E-state index is 9.92. The first kappa shape index (κ1) is 14.4. The van der Waals surface area contributed by atoms with E-state index in [2.05, 4.69) is 5.32 Å². The molecule has 1 aromatic rings. The highest BCUT2D eigenvalue weighted by molar-refractivity contribution is 5.14. The summed E-state index contributed by atoms with van der Waals surface area (Å²) in [5.74, 6) is 0. The highest BCUT2D eigenvalue weighted by Gasteiger charge is 2.43. The van der Waals surface area contributed by atoms with Gasteiger partial charge in [0, 0.05) is 6.54 Å². The lowest BCUT2D eigenvalue weighted by molar-refractivity contribution is -0.254. The Morgan fingerprint density at radius 2 is 1.74 bits per heavy atom. The standard InChI is InChI=1S/C13H19NO5/c15-7-9-11(16)12(17)10(13(18)19-9)14-6-8-4-2-1-3-5-8/h1-5,9-18H,6-7H2/t9-,10+,11-,12-,13-/m1/s1. The first-order valence-corrected chi connectivity index (χ1v) is 6.21. The fourth-order valence-electron chi connectivity index (χ4n) is 2.15. The summed E-state index contributed by atoms with van der Waals surface area (Å²) in [4.78, 5) is 0. The number of nitrogens with one attached hydrogen (secondary N) is 1. The molecule has 0 saturated carbocycles. The molecule has 0 radical (unpaired) electrons. The Labute approximate surface area is 111 Å². The van der Waals surface area contributed by atoms with Gasteiger partial charge < -0.3 is 30.5 Å². The van der Waals surface area contributed by atoms with Crippen molar-refractivity contribution in [1.29, 1.82) is 0 Å². The van der Waals surface area contributed by atoms with E-state index >= 15 is 0 Å². The highest BCUT2D eigenvalue weighted by atomic mass is 16.6. The molecule has 1 saturated heterocycles. The normalized spacial score (nSPS) is 35.3. The van der Waals surface area contributed by atoms with Crippen LogP contribution in [-0.2, 0) is 11.3 Å². The van der Waals surface area contributed by atoms with Crippen molar-refractivity contribution >= 4 is 0 Å². The summed E-state index contributed by atoms with van der Waals surface area (Å²) >= 11 is 0. The predicted molar refractivity (Wildman–Crippen MR) is 67.0 cm³/mol. The quantitative estimate of drug-likeness (QED) is 0.459. The third-order valence-corrected chi connectivity index (χ3v) is 3.28. The molecule has 106 valence electrons. The fourth-order valence-corrected chi connectivity index (χ4v) is 2.15. The maximum Gasteiger partial charge on any atom is 0.173 e. The predicted octanol–water partition coefficient (Wildman–Crippen LogP) is -1.42. The summed E-state index contributed by atoms with van der Waals surface area (Å²) < 4.78 is 5.05. The largest absolute Gasteiger partial charge is 0.394 e. The van der Waals surface area contributed by atoms with Crippen LogP contribution in [0.2, 0.25) is 0 Å². The second kappa shape index (κ2) is 6.42. The summed E-state index contributed by atoms with van der Waals surface area (Å²) in [5, 5.41) is 41.3. The lowest BCUT2D eigenvalue weighted by Crippen LogP contribution is -2.63. The van der Waals surface area contributed by atoms with E-state index in [4.69, 9.17) is 9.84 Å². The lowest BCUT2D eigenvalue weighted by Gasteiger charge is -2.40. The van der Waals surface area contributed by atoms with Gasteiger partial charge in [-0.25, -0.2) is 0 Å². The molecule has 6 heteroatoms. The topological polar surface area (TPSA) is 102 Å². The van der Waals surface area contributed by atoms with Crippen LogP contribution in [0.25, 0.3) is 0 Å². The van der Waals surface area contributed by atoms with Crippen molar-refractivity contribution in [2.75, 3.05) is 6.61 Å². The van der Waals surface area contributed by atoms with Crippen LogP contribution in [-0.4, -0.2) is 57.7 Å². The van der Waals surface area contributed by atoms with E-state index in [1.165, 1.54) is 0 Å². The minimum atomic E-state index is -1.28. The average Bonchev–Trinajstić information content (AvgIpc) is 2.44. The van der Waals surface area contributed by atoms with Crippen molar-refractivity contribution in [3.63, 3.8) is 0 Å². The van der Waals surface area contributed by atoms with E-state index < -0.39 is 37.3 Å². The summed E-state index contributed by atoms with van der Waals surface area (Å²) in [5.41, 5.74) is 0.987. The van der Waals surface area contributed by atoms with Crippen LogP contribution in [0.5, 0.6) is 0 Å². The smallest absolute Gasteiger partial charge is 0.173 e. The molecule has 5 atom stereocenters. The molecular weight excluding hydrogens is 250 g/mol. The van der Waals surface area contributed by atoms with Gasteiger partial charge >= 0.3 is 0 Å². The third-order valence-electron chi connectivity index (χ3n) is 3.28. The summed E-state index contributed by atoms with van der Waals surface area (Å²) in [6.07, 6.45) is -4.69. The van der Waals surface area contributed by atoms with Crippen molar-refractivity contribution in [2.45, 2.75) is 37.2 Å². The number of rotatable bonds is 4. The number of ether oxygens (including phenoxy) is 1. The van der Waals surface area contributed by atoms with E-state index in [1.54, 1.807) is 0 Å². The monoisotopic (exact) mass is 269 g/mol. The van der Waals surface area contributed by atoms with Crippen molar-refractivity contribution in [1.82, 2.24) is 5.32 Å². The van der Waals surface area contributed by atoms with Gasteiger partial charge in [0.15, 0.2) is 6.29 Å². The van der Waals surface area contributed by atoms with Gasteiger partial charge in [0.2, 0.25) is 0 Å². The highest BCUT2D eigenvalue weighted by Crippen LogP contribution is 2.20. The third kappa shape index (κ3) is 3.30. The SMILES string of the molecule is OC[C@H]1O[C@@H](O)[C@@H](NCc2ccccc2)[C@@H](O)[C@@H]1O. The number of aliphatic hydroxyl groups is 4. The molecule has 1 fully saturated rings. The van der Waals surface area contributed by atoms with Gasteiger partial charge in [-0.05, 0) is 5.56 Å². The van der Waals surface area contributed by atoms with E-state index in [1.807, 2.05) is 30.3 Å². The van der Waals surface area contributed by atoms with Gasteiger partial charge in [0.05, 0.1) is 12.6 Å². The second-order valence-corrected chi connectivity index (χ2v) is 4.62. The molecule has 19 heavy (non-hydrogen) atoms. The fraction of sp³-hybridized carbons (Fsp3) is 0.538. The first-order chi connectivity index (χ1) is 9.13. The molecular formula is C13H19NO5. The van der Waals surface area contributed by atoms with Gasteiger partial charge in [-0.3, -0.25) is 0 Å². The van der Waals surface area contributed by atoms with E-state index in [0.717, 1.165) is 5.56 Å². The number of benzene rings is 1. The van der Waals surface area contributed by atoms with E-state index in [0.29, 0.717) is 6.54 Å². The molecule has 0 bridgehead atoms. The summed E-state index contributed by atoms with van der Waals surface area (Å²) in [6, 6.07) is 8.67. The van der Waals surface area contributed by atoms with Crippen LogP contribution in [0.3, 0.4) is 0 Å². The van der Waals surface area contributed by atoms with Crippen molar-refractivity contribution in [2.24, 2.45) is 0 Å². The number of hydrogen-bond acceptors (Lipinski definition) is 6. The minimum Gasteiger partial charge on any atom is -0.394 e. The van der Waals surface area contributed by atoms with Crippen molar-refractivity contribution in [3.05, 3.63) is 35.9 Å². The van der Waals surface area contributed by atoms with E-state index in [9.17, 15) is 15.3 Å². The van der Waals surface area contributed by atoms with Crippen LogP contribution in [0.4, 0.5) is 0 Å². The summed E-state index contributed by atoms with van der Waals surface area (Å²) in [7, 11) is 0. The van der Waals surface area contributed by atoms with Crippen LogP contribution in [0.15, 0.2) is 30.3 Å². The van der Waals surface area contributed by atoms with E-state index in [-0.39, 0.29) is 0 Å². The zero-order valence-corrected chi connectivity index (χ0v) is 10.4. The Balaban J connectivity index is 1.96. The van der Waals surface area contributed by atoms with Gasteiger partial charge in [0.1, 0.15) is 18.3 Å². The van der Waals surface area contributed by atoms with Crippen LogP contribution in [0.1, 0.15) is 5.56 Å². The number of hydrogen-bond donors (Lipinski definition) is 5. The molecule has 5 N–H and O–H groups in total. The Bertz CT molecular complexity index is 388. The Morgan fingerprint density at radius 1 is 1.05 bits per heavy atom. The minimum absolute atomic E-state index is 0.430.